The van der Waals surface area contributed by atoms with Gasteiger partial charge in [0.2, 0.25) is 5.91 Å². The van der Waals surface area contributed by atoms with Gasteiger partial charge in [0.05, 0.1) is 13.2 Å². The first-order valence-corrected chi connectivity index (χ1v) is 9.18. The van der Waals surface area contributed by atoms with Crippen molar-refractivity contribution >= 4 is 17.5 Å². The van der Waals surface area contributed by atoms with Crippen molar-refractivity contribution in [1.82, 2.24) is 20.1 Å². The van der Waals surface area contributed by atoms with Crippen molar-refractivity contribution in [2.45, 2.75) is 6.92 Å². The van der Waals surface area contributed by atoms with E-state index in [1.54, 1.807) is 13.1 Å². The molecule has 0 aromatic carbocycles. The van der Waals surface area contributed by atoms with E-state index in [0.717, 1.165) is 51.6 Å². The van der Waals surface area contributed by atoms with Crippen molar-refractivity contribution in [3.8, 4) is 0 Å². The Morgan fingerprint density at radius 3 is 2.58 bits per heavy atom. The molecule has 142 valence electrons. The second-order valence-corrected chi connectivity index (χ2v) is 6.60. The highest BCUT2D eigenvalue weighted by Crippen LogP contribution is 2.17. The minimum Gasteiger partial charge on any atom is -0.379 e. The number of rotatable bonds is 5. The molecule has 0 unspecified atom stereocenters. The summed E-state index contributed by atoms with van der Waals surface area (Å²) < 4.78 is 5.32. The molecule has 26 heavy (non-hydrogen) atoms. The number of amides is 2. The van der Waals surface area contributed by atoms with Gasteiger partial charge in [0.15, 0.2) is 0 Å². The van der Waals surface area contributed by atoms with Gasteiger partial charge in [-0.3, -0.25) is 19.5 Å². The van der Waals surface area contributed by atoms with Crippen molar-refractivity contribution in [1.29, 1.82) is 0 Å². The molecule has 0 radical (unpaired) electrons. The summed E-state index contributed by atoms with van der Waals surface area (Å²) in [6, 6.07) is 3.74. The van der Waals surface area contributed by atoms with E-state index < -0.39 is 0 Å². The lowest BCUT2D eigenvalue weighted by Gasteiger charge is -2.35. The van der Waals surface area contributed by atoms with Gasteiger partial charge < -0.3 is 19.9 Å². The lowest BCUT2D eigenvalue weighted by atomic mass is 10.2. The highest BCUT2D eigenvalue weighted by atomic mass is 16.5. The summed E-state index contributed by atoms with van der Waals surface area (Å²) in [5.74, 6) is -0.0396. The monoisotopic (exact) mass is 361 g/mol. The van der Waals surface area contributed by atoms with Crippen LogP contribution in [0.1, 0.15) is 17.4 Å². The van der Waals surface area contributed by atoms with Crippen LogP contribution >= 0.6 is 0 Å². The van der Waals surface area contributed by atoms with Crippen molar-refractivity contribution in [2.75, 3.05) is 70.5 Å². The number of nitrogens with zero attached hydrogens (tertiary/aromatic N) is 4. The number of aromatic nitrogens is 1. The van der Waals surface area contributed by atoms with E-state index in [2.05, 4.69) is 20.1 Å². The Balaban J connectivity index is 1.50. The SMILES string of the molecule is CC(=O)N1CCN(c2ccnc(C(=O)NCCN3CCOCC3)c2)CC1. The van der Waals surface area contributed by atoms with E-state index in [9.17, 15) is 9.59 Å². The summed E-state index contributed by atoms with van der Waals surface area (Å²) in [4.78, 5) is 34.3. The Kier molecular flexibility index (Phi) is 6.40. The first-order chi connectivity index (χ1) is 12.6. The van der Waals surface area contributed by atoms with E-state index in [1.807, 2.05) is 17.0 Å². The summed E-state index contributed by atoms with van der Waals surface area (Å²) in [6.45, 7) is 9.31. The smallest absolute Gasteiger partial charge is 0.269 e. The lowest BCUT2D eigenvalue weighted by molar-refractivity contribution is -0.129. The number of hydrogen-bond donors (Lipinski definition) is 1. The maximum Gasteiger partial charge on any atom is 0.269 e. The number of anilines is 1. The normalized spacial score (nSPS) is 18.7. The zero-order chi connectivity index (χ0) is 18.4. The fourth-order valence-electron chi connectivity index (χ4n) is 3.26. The summed E-state index contributed by atoms with van der Waals surface area (Å²) in [7, 11) is 0. The molecule has 3 heterocycles. The first kappa shape index (κ1) is 18.6. The molecule has 2 aliphatic heterocycles. The number of morpholine rings is 1. The van der Waals surface area contributed by atoms with Gasteiger partial charge in [0, 0.05) is 71.2 Å². The van der Waals surface area contributed by atoms with Gasteiger partial charge in [0.1, 0.15) is 5.69 Å². The van der Waals surface area contributed by atoms with Gasteiger partial charge in [-0.25, -0.2) is 0 Å². The Morgan fingerprint density at radius 2 is 1.88 bits per heavy atom. The summed E-state index contributed by atoms with van der Waals surface area (Å²) in [5.41, 5.74) is 1.40. The van der Waals surface area contributed by atoms with Crippen LogP contribution in [0.25, 0.3) is 0 Å². The van der Waals surface area contributed by atoms with Crippen LogP contribution in [0.15, 0.2) is 18.3 Å². The number of pyridine rings is 1. The molecule has 2 saturated heterocycles. The lowest BCUT2D eigenvalue weighted by Crippen LogP contribution is -2.48. The van der Waals surface area contributed by atoms with Crippen molar-refractivity contribution in [2.24, 2.45) is 0 Å². The topological polar surface area (TPSA) is 78.0 Å². The Bertz CT molecular complexity index is 625. The zero-order valence-electron chi connectivity index (χ0n) is 15.3. The van der Waals surface area contributed by atoms with Crippen LogP contribution in [0.4, 0.5) is 5.69 Å². The van der Waals surface area contributed by atoms with Crippen LogP contribution in [0.3, 0.4) is 0 Å². The summed E-state index contributed by atoms with van der Waals surface area (Å²) in [6.07, 6.45) is 1.67. The largest absolute Gasteiger partial charge is 0.379 e. The second kappa shape index (κ2) is 8.95. The molecule has 3 rings (SSSR count). The average molecular weight is 361 g/mol. The molecular formula is C18H27N5O3. The summed E-state index contributed by atoms with van der Waals surface area (Å²) in [5, 5.41) is 2.94. The predicted molar refractivity (Wildman–Crippen MR) is 98.3 cm³/mol. The van der Waals surface area contributed by atoms with E-state index >= 15 is 0 Å². The molecule has 0 spiro atoms. The first-order valence-electron chi connectivity index (χ1n) is 9.18. The zero-order valence-corrected chi connectivity index (χ0v) is 15.3. The minimum absolute atomic E-state index is 0.111. The Hall–Kier alpha value is -2.19. The van der Waals surface area contributed by atoms with Gasteiger partial charge in [-0.05, 0) is 12.1 Å². The molecule has 1 aromatic heterocycles. The maximum absolute atomic E-state index is 12.4. The van der Waals surface area contributed by atoms with Crippen molar-refractivity contribution in [3.05, 3.63) is 24.0 Å². The third-order valence-corrected chi connectivity index (χ3v) is 4.88. The van der Waals surface area contributed by atoms with Crippen LogP contribution in [0, 0.1) is 0 Å². The van der Waals surface area contributed by atoms with Crippen molar-refractivity contribution < 1.29 is 14.3 Å². The molecule has 0 saturated carbocycles. The average Bonchev–Trinajstić information content (AvgIpc) is 2.69. The number of hydrogen-bond acceptors (Lipinski definition) is 6. The molecule has 0 atom stereocenters. The molecule has 1 N–H and O–H groups in total. The molecule has 2 aliphatic rings. The fourth-order valence-corrected chi connectivity index (χ4v) is 3.26. The van der Waals surface area contributed by atoms with E-state index in [0.29, 0.717) is 25.3 Å². The van der Waals surface area contributed by atoms with Gasteiger partial charge in [0.25, 0.3) is 5.91 Å². The maximum atomic E-state index is 12.4. The molecular weight excluding hydrogens is 334 g/mol. The third-order valence-electron chi connectivity index (χ3n) is 4.88. The highest BCUT2D eigenvalue weighted by molar-refractivity contribution is 5.93. The summed E-state index contributed by atoms with van der Waals surface area (Å²) >= 11 is 0. The van der Waals surface area contributed by atoms with Crippen LogP contribution in [-0.2, 0) is 9.53 Å². The minimum atomic E-state index is -0.150. The van der Waals surface area contributed by atoms with Crippen LogP contribution in [0.2, 0.25) is 0 Å². The molecule has 0 bridgehead atoms. The standard InChI is InChI=1S/C18H27N5O3/c1-15(24)22-6-8-23(9-7-22)16-2-3-19-17(14-16)18(25)20-4-5-21-10-12-26-13-11-21/h2-3,14H,4-13H2,1H3,(H,20,25). The third kappa shape index (κ3) is 4.92. The Morgan fingerprint density at radius 1 is 1.15 bits per heavy atom. The van der Waals surface area contributed by atoms with E-state index in [4.69, 9.17) is 4.74 Å². The number of nitrogens with one attached hydrogen (secondary N) is 1. The van der Waals surface area contributed by atoms with E-state index in [-0.39, 0.29) is 11.8 Å². The predicted octanol–water partition coefficient (Wildman–Crippen LogP) is -0.188. The van der Waals surface area contributed by atoms with E-state index in [1.165, 1.54) is 0 Å². The quantitative estimate of drug-likeness (QED) is 0.783. The number of carbonyl (C=O) groups excluding carboxylic acids is 2. The molecule has 2 fully saturated rings. The second-order valence-electron chi connectivity index (χ2n) is 6.60. The molecule has 8 nitrogen and oxygen atoms in total. The van der Waals surface area contributed by atoms with Gasteiger partial charge in [-0.2, -0.15) is 0 Å². The fraction of sp³-hybridized carbons (Fsp3) is 0.611. The molecule has 2 amide bonds. The number of carbonyl (C=O) groups is 2. The molecule has 8 heteroatoms. The highest BCUT2D eigenvalue weighted by Gasteiger charge is 2.20. The van der Waals surface area contributed by atoms with Crippen molar-refractivity contribution in [3.63, 3.8) is 0 Å². The molecule has 0 aliphatic carbocycles. The van der Waals surface area contributed by atoms with Crippen LogP contribution < -0.4 is 10.2 Å². The van der Waals surface area contributed by atoms with Gasteiger partial charge in [-0.15, -0.1) is 0 Å². The van der Waals surface area contributed by atoms with Gasteiger partial charge >= 0.3 is 0 Å². The van der Waals surface area contributed by atoms with Crippen LogP contribution in [-0.4, -0.2) is 92.2 Å². The van der Waals surface area contributed by atoms with Gasteiger partial charge in [-0.1, -0.05) is 0 Å². The number of piperazine rings is 1. The van der Waals surface area contributed by atoms with Crippen LogP contribution in [0.5, 0.6) is 0 Å². The molecule has 1 aromatic rings. The Labute approximate surface area is 154 Å². The number of ether oxygens (including phenoxy) is 1.